The van der Waals surface area contributed by atoms with E-state index in [4.69, 9.17) is 4.74 Å². The predicted octanol–water partition coefficient (Wildman–Crippen LogP) is 4.73. The molecule has 0 spiro atoms. The number of nitrogens with zero attached hydrogens (tertiary/aromatic N) is 2. The summed E-state index contributed by atoms with van der Waals surface area (Å²) in [5.41, 5.74) is 7.58. The van der Waals surface area contributed by atoms with E-state index in [2.05, 4.69) is 68.8 Å². The molecule has 3 heterocycles. The first-order valence-electron chi connectivity index (χ1n) is 11.3. The zero-order valence-electron chi connectivity index (χ0n) is 17.8. The number of hydrogen-bond acceptors (Lipinski definition) is 5. The van der Waals surface area contributed by atoms with Crippen molar-refractivity contribution in [3.8, 4) is 5.75 Å². The van der Waals surface area contributed by atoms with Crippen molar-refractivity contribution in [1.29, 1.82) is 0 Å². The van der Waals surface area contributed by atoms with E-state index in [0.717, 1.165) is 66.4 Å². The fraction of sp³-hybridized carbons (Fsp3) is 0.269. The molecule has 162 valence electrons. The van der Waals surface area contributed by atoms with Crippen molar-refractivity contribution < 1.29 is 9.84 Å². The first-order chi connectivity index (χ1) is 15.8. The Morgan fingerprint density at radius 3 is 3.09 bits per heavy atom. The van der Waals surface area contributed by atoms with Gasteiger partial charge in [-0.3, -0.25) is 4.98 Å². The number of aromatic amines is 1. The minimum atomic E-state index is -0.454. The fourth-order valence-corrected chi connectivity index (χ4v) is 4.93. The summed E-state index contributed by atoms with van der Waals surface area (Å²) < 4.78 is 6.01. The highest BCUT2D eigenvalue weighted by Gasteiger charge is 2.24. The minimum absolute atomic E-state index is 0.454. The maximum Gasteiger partial charge on any atom is 0.144 e. The van der Waals surface area contributed by atoms with Crippen LogP contribution in [0.25, 0.3) is 10.9 Å². The van der Waals surface area contributed by atoms with Crippen LogP contribution in [0.5, 0.6) is 5.75 Å². The summed E-state index contributed by atoms with van der Waals surface area (Å²) in [7, 11) is 0. The molecule has 1 aliphatic heterocycles. The van der Waals surface area contributed by atoms with Gasteiger partial charge < -0.3 is 25.0 Å². The van der Waals surface area contributed by atoms with Crippen LogP contribution in [-0.4, -0.2) is 34.8 Å². The van der Waals surface area contributed by atoms with Crippen molar-refractivity contribution in [2.24, 2.45) is 0 Å². The number of anilines is 3. The van der Waals surface area contributed by atoms with E-state index in [-0.39, 0.29) is 0 Å². The second kappa shape index (κ2) is 7.88. The van der Waals surface area contributed by atoms with Crippen LogP contribution in [0.15, 0.2) is 60.9 Å². The van der Waals surface area contributed by atoms with E-state index in [0.29, 0.717) is 6.61 Å². The summed E-state index contributed by atoms with van der Waals surface area (Å²) >= 11 is 0. The van der Waals surface area contributed by atoms with E-state index in [9.17, 15) is 5.11 Å². The summed E-state index contributed by atoms with van der Waals surface area (Å²) in [6, 6.07) is 16.8. The number of aliphatic hydroxyl groups is 1. The molecule has 2 aromatic heterocycles. The van der Waals surface area contributed by atoms with E-state index in [1.54, 1.807) is 6.20 Å². The Bertz CT molecular complexity index is 1280. The lowest BCUT2D eigenvalue weighted by atomic mass is 10.1. The zero-order chi connectivity index (χ0) is 21.5. The number of para-hydroxylation sites is 1. The summed E-state index contributed by atoms with van der Waals surface area (Å²) in [5, 5.41) is 14.9. The van der Waals surface area contributed by atoms with E-state index < -0.39 is 6.10 Å². The number of benzene rings is 2. The first kappa shape index (κ1) is 19.2. The normalized spacial score (nSPS) is 17.2. The molecule has 2 aromatic carbocycles. The molecule has 6 rings (SSSR count). The molecule has 4 aromatic rings. The highest BCUT2D eigenvalue weighted by Crippen LogP contribution is 2.38. The van der Waals surface area contributed by atoms with Crippen molar-refractivity contribution in [3.05, 3.63) is 77.7 Å². The zero-order valence-corrected chi connectivity index (χ0v) is 17.8. The second-order valence-corrected chi connectivity index (χ2v) is 8.53. The number of H-pyrrole nitrogens is 1. The van der Waals surface area contributed by atoms with Crippen LogP contribution in [0, 0.1) is 0 Å². The molecular weight excluding hydrogens is 400 g/mol. The standard InChI is InChI=1S/C26H26N4O2/c31-24-8-6-20-22(9-11-27-26(20)24)29-18-5-7-23-25(15-18)32-14-13-30(23)12-10-17-16-28-21-4-2-1-3-19(17)21/h1-5,7,9,11,15-16,24,28,31H,6,8,10,12-14H2,(H,27,29)/t24-/m0/s1. The topological polar surface area (TPSA) is 73.4 Å². The van der Waals surface area contributed by atoms with E-state index in [1.807, 2.05) is 6.07 Å². The Hall–Kier alpha value is -3.51. The van der Waals surface area contributed by atoms with Gasteiger partial charge in [-0.05, 0) is 54.7 Å². The molecule has 0 fully saturated rings. The maximum absolute atomic E-state index is 10.1. The fourth-order valence-electron chi connectivity index (χ4n) is 4.93. The molecule has 0 amide bonds. The average molecular weight is 427 g/mol. The Balaban J connectivity index is 1.21. The van der Waals surface area contributed by atoms with Crippen LogP contribution < -0.4 is 15.0 Å². The first-order valence-corrected chi connectivity index (χ1v) is 11.3. The van der Waals surface area contributed by atoms with Gasteiger partial charge in [0.15, 0.2) is 0 Å². The number of ether oxygens (including phenoxy) is 1. The lowest BCUT2D eigenvalue weighted by Crippen LogP contribution is -2.34. The third kappa shape index (κ3) is 3.37. The molecular formula is C26H26N4O2. The SMILES string of the molecule is O[C@H]1CCc2c(Nc3ccc4c(c3)OCCN4CCc3c[nH]c4ccccc34)ccnc21. The van der Waals surface area contributed by atoms with Gasteiger partial charge in [-0.25, -0.2) is 0 Å². The van der Waals surface area contributed by atoms with Gasteiger partial charge in [-0.2, -0.15) is 0 Å². The molecule has 0 saturated carbocycles. The smallest absolute Gasteiger partial charge is 0.144 e. The van der Waals surface area contributed by atoms with Gasteiger partial charge in [0, 0.05) is 47.3 Å². The molecule has 0 bridgehead atoms. The predicted molar refractivity (Wildman–Crippen MR) is 127 cm³/mol. The van der Waals surface area contributed by atoms with Gasteiger partial charge in [0.25, 0.3) is 0 Å². The quantitative estimate of drug-likeness (QED) is 0.430. The molecule has 2 aliphatic rings. The number of rotatable bonds is 5. The second-order valence-electron chi connectivity index (χ2n) is 8.53. The Labute approximate surface area is 186 Å². The number of fused-ring (bicyclic) bond motifs is 3. The van der Waals surface area contributed by atoms with Crippen LogP contribution in [-0.2, 0) is 12.8 Å². The molecule has 6 nitrogen and oxygen atoms in total. The summed E-state index contributed by atoms with van der Waals surface area (Å²) in [5.74, 6) is 0.908. The van der Waals surface area contributed by atoms with E-state index in [1.165, 1.54) is 16.5 Å². The van der Waals surface area contributed by atoms with Crippen molar-refractivity contribution >= 4 is 28.0 Å². The van der Waals surface area contributed by atoms with Crippen LogP contribution in [0.1, 0.15) is 29.3 Å². The van der Waals surface area contributed by atoms with Crippen molar-refractivity contribution in [1.82, 2.24) is 9.97 Å². The number of hydrogen-bond donors (Lipinski definition) is 3. The van der Waals surface area contributed by atoms with Gasteiger partial charge in [0.05, 0.1) is 24.0 Å². The lowest BCUT2D eigenvalue weighted by molar-refractivity contribution is 0.176. The Morgan fingerprint density at radius 2 is 2.12 bits per heavy atom. The molecule has 0 saturated heterocycles. The van der Waals surface area contributed by atoms with Crippen molar-refractivity contribution in [3.63, 3.8) is 0 Å². The van der Waals surface area contributed by atoms with Crippen LogP contribution in [0.2, 0.25) is 0 Å². The number of aromatic nitrogens is 2. The maximum atomic E-state index is 10.1. The van der Waals surface area contributed by atoms with Gasteiger partial charge >= 0.3 is 0 Å². The number of aliphatic hydroxyl groups excluding tert-OH is 1. The minimum Gasteiger partial charge on any atom is -0.489 e. The molecule has 1 aliphatic carbocycles. The average Bonchev–Trinajstić information content (AvgIpc) is 3.42. The molecule has 0 radical (unpaired) electrons. The molecule has 0 unspecified atom stereocenters. The number of pyridine rings is 1. The Kier molecular flexibility index (Phi) is 4.72. The van der Waals surface area contributed by atoms with Gasteiger partial charge in [-0.15, -0.1) is 0 Å². The third-order valence-corrected chi connectivity index (χ3v) is 6.60. The summed E-state index contributed by atoms with van der Waals surface area (Å²) in [6.07, 6.45) is 5.99. The van der Waals surface area contributed by atoms with Crippen LogP contribution >= 0.6 is 0 Å². The number of nitrogens with one attached hydrogen (secondary N) is 2. The molecule has 6 heteroatoms. The summed E-state index contributed by atoms with van der Waals surface area (Å²) in [4.78, 5) is 10.1. The van der Waals surface area contributed by atoms with Crippen LogP contribution in [0.3, 0.4) is 0 Å². The van der Waals surface area contributed by atoms with Gasteiger partial charge in [0.1, 0.15) is 12.4 Å². The van der Waals surface area contributed by atoms with Crippen molar-refractivity contribution in [2.75, 3.05) is 29.9 Å². The third-order valence-electron chi connectivity index (χ3n) is 6.60. The highest BCUT2D eigenvalue weighted by molar-refractivity contribution is 5.83. The Morgan fingerprint density at radius 1 is 1.19 bits per heavy atom. The summed E-state index contributed by atoms with van der Waals surface area (Å²) in [6.45, 7) is 2.51. The van der Waals surface area contributed by atoms with E-state index >= 15 is 0 Å². The van der Waals surface area contributed by atoms with Gasteiger partial charge in [-0.1, -0.05) is 18.2 Å². The largest absolute Gasteiger partial charge is 0.489 e. The van der Waals surface area contributed by atoms with Gasteiger partial charge in [0.2, 0.25) is 0 Å². The highest BCUT2D eigenvalue weighted by atomic mass is 16.5. The molecule has 32 heavy (non-hydrogen) atoms. The van der Waals surface area contributed by atoms with Crippen molar-refractivity contribution in [2.45, 2.75) is 25.4 Å². The molecule has 1 atom stereocenters. The monoisotopic (exact) mass is 426 g/mol. The lowest BCUT2D eigenvalue weighted by Gasteiger charge is -2.31. The van der Waals surface area contributed by atoms with Crippen LogP contribution in [0.4, 0.5) is 17.1 Å². The molecule has 3 N–H and O–H groups in total.